The molecule has 8 heteroatoms. The molecule has 0 aromatic carbocycles. The first-order valence-corrected chi connectivity index (χ1v) is 12.6. The van der Waals surface area contributed by atoms with Crippen molar-refractivity contribution >= 4 is 23.7 Å². The molecule has 35 heavy (non-hydrogen) atoms. The van der Waals surface area contributed by atoms with Crippen molar-refractivity contribution in [2.75, 3.05) is 13.2 Å². The maximum atomic E-state index is 13.6. The van der Waals surface area contributed by atoms with Crippen LogP contribution in [0.2, 0.25) is 0 Å². The molecule has 1 unspecified atom stereocenters. The Balaban J connectivity index is 1.70. The highest BCUT2D eigenvalue weighted by Crippen LogP contribution is 2.67. The van der Waals surface area contributed by atoms with Crippen LogP contribution < -0.4 is 0 Å². The van der Waals surface area contributed by atoms with E-state index in [1.165, 1.54) is 6.92 Å². The number of hydrogen-bond acceptors (Lipinski definition) is 8. The minimum atomic E-state index is -1.56. The van der Waals surface area contributed by atoms with E-state index < -0.39 is 47.0 Å². The molecule has 4 rings (SSSR count). The maximum Gasteiger partial charge on any atom is 0.509 e. The molecule has 192 valence electrons. The Morgan fingerprint density at radius 2 is 1.91 bits per heavy atom. The average molecular weight is 489 g/mol. The van der Waals surface area contributed by atoms with Crippen LogP contribution >= 0.6 is 0 Å². The Kier molecular flexibility index (Phi) is 6.72. The Bertz CT molecular complexity index is 982. The van der Waals surface area contributed by atoms with Crippen molar-refractivity contribution in [2.45, 2.75) is 77.9 Å². The molecule has 7 atom stereocenters. The Hall–Kier alpha value is -2.48. The predicted molar refractivity (Wildman–Crippen MR) is 125 cm³/mol. The first-order valence-electron chi connectivity index (χ1n) is 12.6. The first kappa shape index (κ1) is 25.6. The molecular weight excluding hydrogens is 452 g/mol. The molecule has 3 saturated carbocycles. The summed E-state index contributed by atoms with van der Waals surface area (Å²) in [5, 5.41) is 11.6. The summed E-state index contributed by atoms with van der Waals surface area (Å²) >= 11 is 0. The molecule has 0 bridgehead atoms. The summed E-state index contributed by atoms with van der Waals surface area (Å²) in [7, 11) is 0. The SMILES string of the molecule is CCCOC(=O)O[C@]1(C(=O)COC(C)=O)CC[C@H]2[C@@H]3CCC4=CC(=O)C=C[C@]4(C)[C@H]3C(O)C[C@@]21C. The van der Waals surface area contributed by atoms with E-state index >= 15 is 0 Å². The molecule has 0 heterocycles. The number of ether oxygens (including phenoxy) is 3. The first-order chi connectivity index (χ1) is 16.5. The van der Waals surface area contributed by atoms with Gasteiger partial charge in [-0.15, -0.1) is 0 Å². The van der Waals surface area contributed by atoms with E-state index in [-0.39, 0.29) is 43.0 Å². The molecular formula is C27H36O8. The van der Waals surface area contributed by atoms with Gasteiger partial charge in [-0.05, 0) is 62.5 Å². The molecule has 0 saturated heterocycles. The van der Waals surface area contributed by atoms with Gasteiger partial charge in [0.15, 0.2) is 18.0 Å². The van der Waals surface area contributed by atoms with Crippen molar-refractivity contribution in [3.05, 3.63) is 23.8 Å². The van der Waals surface area contributed by atoms with Gasteiger partial charge < -0.3 is 19.3 Å². The highest BCUT2D eigenvalue weighted by molar-refractivity contribution is 6.01. The minimum absolute atomic E-state index is 0.000515. The van der Waals surface area contributed by atoms with Gasteiger partial charge in [0.05, 0.1) is 12.7 Å². The van der Waals surface area contributed by atoms with Crippen LogP contribution in [-0.4, -0.2) is 53.7 Å². The monoisotopic (exact) mass is 488 g/mol. The Morgan fingerprint density at radius 3 is 2.60 bits per heavy atom. The fourth-order valence-electron chi connectivity index (χ4n) is 7.64. The van der Waals surface area contributed by atoms with Gasteiger partial charge >= 0.3 is 12.1 Å². The number of hydrogen-bond donors (Lipinski definition) is 1. The molecule has 8 nitrogen and oxygen atoms in total. The minimum Gasteiger partial charge on any atom is -0.458 e. The van der Waals surface area contributed by atoms with Crippen LogP contribution in [0.3, 0.4) is 0 Å². The van der Waals surface area contributed by atoms with Crippen molar-refractivity contribution in [3.63, 3.8) is 0 Å². The lowest BCUT2D eigenvalue weighted by Crippen LogP contribution is -2.63. The third-order valence-electron chi connectivity index (χ3n) is 9.15. The zero-order valence-corrected chi connectivity index (χ0v) is 21.0. The standard InChI is InChI=1S/C27H36O8/c1-5-12-33-24(32)35-27(22(31)15-34-16(2)28)11-9-20-19-7-6-17-13-18(29)8-10-25(17,3)23(19)21(30)14-26(20,27)4/h8,10,13,19-21,23,30H,5-7,9,11-12,14-15H2,1-4H3/t19-,20-,21?,23+,25-,26-,27-/m0/s1. The number of fused-ring (bicyclic) bond motifs is 5. The molecule has 4 aliphatic rings. The van der Waals surface area contributed by atoms with Crippen LogP contribution in [0.1, 0.15) is 66.2 Å². The van der Waals surface area contributed by atoms with E-state index in [1.54, 1.807) is 12.2 Å². The molecule has 0 aliphatic heterocycles. The summed E-state index contributed by atoms with van der Waals surface area (Å²) in [5.74, 6) is -1.15. The van der Waals surface area contributed by atoms with Gasteiger partial charge in [0.2, 0.25) is 5.78 Å². The van der Waals surface area contributed by atoms with Crippen molar-refractivity contribution in [3.8, 4) is 0 Å². The van der Waals surface area contributed by atoms with Gasteiger partial charge in [0.25, 0.3) is 0 Å². The molecule has 4 aliphatic carbocycles. The number of Topliss-reactive ketones (excluding diaryl/α,β-unsaturated/α-hetero) is 1. The third-order valence-corrected chi connectivity index (χ3v) is 9.15. The van der Waals surface area contributed by atoms with E-state index in [4.69, 9.17) is 14.2 Å². The molecule has 3 fully saturated rings. The van der Waals surface area contributed by atoms with Crippen molar-refractivity contribution in [1.29, 1.82) is 0 Å². The second-order valence-electron chi connectivity index (χ2n) is 11.0. The van der Waals surface area contributed by atoms with Gasteiger partial charge in [-0.1, -0.05) is 32.4 Å². The van der Waals surface area contributed by atoms with E-state index in [0.29, 0.717) is 12.8 Å². The Labute approximate surface area is 206 Å². The van der Waals surface area contributed by atoms with Gasteiger partial charge in [-0.2, -0.15) is 0 Å². The lowest BCUT2D eigenvalue weighted by molar-refractivity contribution is -0.185. The van der Waals surface area contributed by atoms with E-state index in [9.17, 15) is 24.3 Å². The molecule has 0 aromatic heterocycles. The normalized spacial score (nSPS) is 39.6. The summed E-state index contributed by atoms with van der Waals surface area (Å²) in [4.78, 5) is 49.7. The van der Waals surface area contributed by atoms with Crippen LogP contribution in [0.15, 0.2) is 23.8 Å². The largest absolute Gasteiger partial charge is 0.509 e. The second kappa shape index (κ2) is 9.19. The molecule has 0 aromatic rings. The summed E-state index contributed by atoms with van der Waals surface area (Å²) < 4.78 is 16.1. The highest BCUT2D eigenvalue weighted by atomic mass is 16.7. The predicted octanol–water partition coefficient (Wildman–Crippen LogP) is 3.70. The summed E-state index contributed by atoms with van der Waals surface area (Å²) in [6.45, 7) is 6.74. The van der Waals surface area contributed by atoms with Crippen LogP contribution in [0.4, 0.5) is 4.79 Å². The average Bonchev–Trinajstić information content (AvgIpc) is 3.08. The number of carbonyl (C=O) groups is 4. The quantitative estimate of drug-likeness (QED) is 0.563. The van der Waals surface area contributed by atoms with Crippen LogP contribution in [0.5, 0.6) is 0 Å². The Morgan fingerprint density at radius 1 is 1.17 bits per heavy atom. The summed E-state index contributed by atoms with van der Waals surface area (Å²) in [6.07, 6.45) is 6.80. The van der Waals surface area contributed by atoms with E-state index in [2.05, 4.69) is 6.92 Å². The fraction of sp³-hybridized carbons (Fsp3) is 0.704. The van der Waals surface area contributed by atoms with Gasteiger partial charge in [-0.25, -0.2) is 4.79 Å². The number of esters is 1. The number of carbonyl (C=O) groups excluding carboxylic acids is 4. The second-order valence-corrected chi connectivity index (χ2v) is 11.0. The number of aliphatic hydroxyl groups is 1. The molecule has 1 N–H and O–H groups in total. The number of rotatable bonds is 6. The lowest BCUT2D eigenvalue weighted by Gasteiger charge is -2.59. The van der Waals surface area contributed by atoms with Crippen LogP contribution in [-0.2, 0) is 28.6 Å². The van der Waals surface area contributed by atoms with Crippen LogP contribution in [0.25, 0.3) is 0 Å². The van der Waals surface area contributed by atoms with Crippen molar-refractivity contribution in [2.24, 2.45) is 28.6 Å². The van der Waals surface area contributed by atoms with E-state index in [0.717, 1.165) is 18.4 Å². The molecule has 0 amide bonds. The number of aliphatic hydroxyl groups excluding tert-OH is 1. The van der Waals surface area contributed by atoms with Crippen molar-refractivity contribution in [1.82, 2.24) is 0 Å². The smallest absolute Gasteiger partial charge is 0.458 e. The number of allylic oxidation sites excluding steroid dienone is 4. The summed E-state index contributed by atoms with van der Waals surface area (Å²) in [6, 6.07) is 0. The van der Waals surface area contributed by atoms with E-state index in [1.807, 2.05) is 19.9 Å². The maximum absolute atomic E-state index is 13.6. The molecule has 0 radical (unpaired) electrons. The van der Waals surface area contributed by atoms with Crippen molar-refractivity contribution < 1.29 is 38.5 Å². The van der Waals surface area contributed by atoms with Gasteiger partial charge in [0, 0.05) is 23.7 Å². The van der Waals surface area contributed by atoms with Gasteiger partial charge in [-0.3, -0.25) is 14.4 Å². The fourth-order valence-corrected chi connectivity index (χ4v) is 7.64. The zero-order chi connectivity index (χ0) is 25.6. The highest BCUT2D eigenvalue weighted by Gasteiger charge is 2.70. The van der Waals surface area contributed by atoms with Crippen LogP contribution in [0, 0.1) is 28.6 Å². The van der Waals surface area contributed by atoms with Gasteiger partial charge in [0.1, 0.15) is 0 Å². The lowest BCUT2D eigenvalue weighted by atomic mass is 9.46. The molecule has 0 spiro atoms. The third kappa shape index (κ3) is 4.03. The number of ketones is 2. The summed E-state index contributed by atoms with van der Waals surface area (Å²) in [5.41, 5.74) is -1.81. The zero-order valence-electron chi connectivity index (χ0n) is 21.0. The topological polar surface area (TPSA) is 116 Å².